The minimum absolute atomic E-state index is 0.0554. The summed E-state index contributed by atoms with van der Waals surface area (Å²) in [7, 11) is 0. The molecule has 0 amide bonds. The van der Waals surface area contributed by atoms with Crippen LogP contribution in [0.25, 0.3) is 0 Å². The van der Waals surface area contributed by atoms with Crippen LogP contribution >= 0.6 is 0 Å². The summed E-state index contributed by atoms with van der Waals surface area (Å²) in [5.41, 5.74) is -0.694. The summed E-state index contributed by atoms with van der Waals surface area (Å²) in [6.07, 6.45) is -1.64. The summed E-state index contributed by atoms with van der Waals surface area (Å²) in [6.45, 7) is 6.72. The molecule has 2 atom stereocenters. The Hall–Kier alpha value is -1.04. The first kappa shape index (κ1) is 14.0. The fourth-order valence-corrected chi connectivity index (χ4v) is 1.78. The van der Waals surface area contributed by atoms with E-state index < -0.39 is 11.7 Å². The Morgan fingerprint density at radius 2 is 2.06 bits per heavy atom. The van der Waals surface area contributed by atoms with Gasteiger partial charge in [-0.1, -0.05) is 6.92 Å². The molecule has 1 N–H and O–H groups in total. The van der Waals surface area contributed by atoms with Crippen molar-refractivity contribution in [1.29, 1.82) is 0 Å². The van der Waals surface area contributed by atoms with Gasteiger partial charge in [0.05, 0.1) is 17.8 Å². The molecule has 1 heterocycles. The van der Waals surface area contributed by atoms with Crippen LogP contribution in [0.5, 0.6) is 0 Å². The van der Waals surface area contributed by atoms with Gasteiger partial charge in [-0.05, 0) is 26.8 Å². The first-order chi connectivity index (χ1) is 7.84. The summed E-state index contributed by atoms with van der Waals surface area (Å²) < 4.78 is 38.5. The third-order valence-corrected chi connectivity index (χ3v) is 2.63. The summed E-state index contributed by atoms with van der Waals surface area (Å²) in [6, 6.07) is 0.202. The first-order valence-electron chi connectivity index (χ1n) is 5.69. The van der Waals surface area contributed by atoms with Crippen LogP contribution in [-0.4, -0.2) is 22.4 Å². The first-order valence-corrected chi connectivity index (χ1v) is 5.69. The highest BCUT2D eigenvalue weighted by molar-refractivity contribution is 5.08. The second-order valence-corrected chi connectivity index (χ2v) is 4.25. The van der Waals surface area contributed by atoms with Crippen LogP contribution in [0.1, 0.15) is 38.8 Å². The van der Waals surface area contributed by atoms with E-state index in [0.717, 1.165) is 25.4 Å². The number of hydrogen-bond acceptors (Lipinski definition) is 2. The van der Waals surface area contributed by atoms with Crippen molar-refractivity contribution in [3.8, 4) is 0 Å². The lowest BCUT2D eigenvalue weighted by atomic mass is 10.1. The van der Waals surface area contributed by atoms with Crippen LogP contribution in [0.4, 0.5) is 13.2 Å². The molecule has 98 valence electrons. The zero-order valence-corrected chi connectivity index (χ0v) is 10.3. The third-order valence-electron chi connectivity index (χ3n) is 2.63. The Labute approximate surface area is 99.0 Å². The van der Waals surface area contributed by atoms with E-state index in [9.17, 15) is 13.2 Å². The van der Waals surface area contributed by atoms with Gasteiger partial charge in [0.2, 0.25) is 0 Å². The van der Waals surface area contributed by atoms with E-state index in [1.807, 2.05) is 20.8 Å². The van der Waals surface area contributed by atoms with Gasteiger partial charge in [-0.15, -0.1) is 0 Å². The smallest absolute Gasteiger partial charge is 0.314 e. The monoisotopic (exact) mass is 249 g/mol. The van der Waals surface area contributed by atoms with Gasteiger partial charge in [-0.25, -0.2) is 0 Å². The Morgan fingerprint density at radius 1 is 1.41 bits per heavy atom. The van der Waals surface area contributed by atoms with E-state index in [1.54, 1.807) is 0 Å². The van der Waals surface area contributed by atoms with E-state index in [-0.39, 0.29) is 12.1 Å². The molecule has 0 aromatic carbocycles. The van der Waals surface area contributed by atoms with Gasteiger partial charge in [0.15, 0.2) is 0 Å². The minimum atomic E-state index is -4.31. The van der Waals surface area contributed by atoms with E-state index in [2.05, 4.69) is 10.4 Å². The van der Waals surface area contributed by atoms with Crippen LogP contribution in [0.15, 0.2) is 12.4 Å². The topological polar surface area (TPSA) is 29.9 Å². The van der Waals surface area contributed by atoms with Gasteiger partial charge in [-0.3, -0.25) is 4.68 Å². The number of alkyl halides is 3. The standard InChI is InChI=1S/C11H18F3N3/c1-4-15-8(2)5-9(3)17-7-10(6-16-17)11(12,13)14/h6-9,15H,4-5H2,1-3H3. The van der Waals surface area contributed by atoms with Crippen LogP contribution in [-0.2, 0) is 6.18 Å². The van der Waals surface area contributed by atoms with Gasteiger partial charge in [0.25, 0.3) is 0 Å². The van der Waals surface area contributed by atoms with Crippen LogP contribution in [0, 0.1) is 0 Å². The molecule has 0 saturated carbocycles. The average Bonchev–Trinajstić information content (AvgIpc) is 2.65. The average molecular weight is 249 g/mol. The van der Waals surface area contributed by atoms with Gasteiger partial charge >= 0.3 is 6.18 Å². The minimum Gasteiger partial charge on any atom is -0.314 e. The number of nitrogens with one attached hydrogen (secondary N) is 1. The molecule has 3 nitrogen and oxygen atoms in total. The van der Waals surface area contributed by atoms with Crippen molar-refractivity contribution in [2.75, 3.05) is 6.54 Å². The third kappa shape index (κ3) is 4.03. The van der Waals surface area contributed by atoms with Gasteiger partial charge in [0, 0.05) is 12.2 Å². The highest BCUT2D eigenvalue weighted by Gasteiger charge is 2.32. The van der Waals surface area contributed by atoms with Crippen molar-refractivity contribution in [2.45, 2.75) is 45.5 Å². The Bertz CT molecular complexity index is 346. The molecule has 0 aliphatic rings. The predicted molar refractivity (Wildman–Crippen MR) is 59.7 cm³/mol. The van der Waals surface area contributed by atoms with E-state index in [0.29, 0.717) is 0 Å². The molecule has 0 aliphatic heterocycles. The lowest BCUT2D eigenvalue weighted by Gasteiger charge is -2.18. The molecule has 1 aromatic rings. The molecule has 1 aromatic heterocycles. The normalized spacial score (nSPS) is 15.9. The molecule has 6 heteroatoms. The number of hydrogen-bond donors (Lipinski definition) is 1. The number of aromatic nitrogens is 2. The maximum atomic E-state index is 12.4. The molecule has 0 fully saturated rings. The second kappa shape index (κ2) is 5.53. The number of halogens is 3. The zero-order valence-electron chi connectivity index (χ0n) is 10.3. The SMILES string of the molecule is CCNC(C)CC(C)n1cc(C(F)(F)F)cn1. The van der Waals surface area contributed by atoms with Crippen LogP contribution < -0.4 is 5.32 Å². The molecular weight excluding hydrogens is 231 g/mol. The van der Waals surface area contributed by atoms with Crippen molar-refractivity contribution >= 4 is 0 Å². The van der Waals surface area contributed by atoms with Crippen molar-refractivity contribution in [1.82, 2.24) is 15.1 Å². The summed E-state index contributed by atoms with van der Waals surface area (Å²) >= 11 is 0. The quantitative estimate of drug-likeness (QED) is 0.869. The molecule has 2 unspecified atom stereocenters. The molecule has 0 bridgehead atoms. The fraction of sp³-hybridized carbons (Fsp3) is 0.727. The lowest BCUT2D eigenvalue weighted by molar-refractivity contribution is -0.137. The number of nitrogens with zero attached hydrogens (tertiary/aromatic N) is 2. The lowest BCUT2D eigenvalue weighted by Crippen LogP contribution is -2.28. The molecule has 0 radical (unpaired) electrons. The molecule has 0 aliphatic carbocycles. The van der Waals surface area contributed by atoms with Crippen molar-refractivity contribution < 1.29 is 13.2 Å². The predicted octanol–water partition coefficient (Wildman–Crippen LogP) is 2.85. The van der Waals surface area contributed by atoms with Crippen molar-refractivity contribution in [3.05, 3.63) is 18.0 Å². The molecule has 0 spiro atoms. The van der Waals surface area contributed by atoms with E-state index in [4.69, 9.17) is 0 Å². The zero-order chi connectivity index (χ0) is 13.1. The van der Waals surface area contributed by atoms with Crippen molar-refractivity contribution in [3.63, 3.8) is 0 Å². The van der Waals surface area contributed by atoms with Gasteiger partial charge in [0.1, 0.15) is 0 Å². The summed E-state index contributed by atoms with van der Waals surface area (Å²) in [4.78, 5) is 0. The molecular formula is C11H18F3N3. The summed E-state index contributed by atoms with van der Waals surface area (Å²) in [5, 5.41) is 6.98. The van der Waals surface area contributed by atoms with E-state index >= 15 is 0 Å². The van der Waals surface area contributed by atoms with Crippen LogP contribution in [0.3, 0.4) is 0 Å². The van der Waals surface area contributed by atoms with Crippen molar-refractivity contribution in [2.24, 2.45) is 0 Å². The maximum absolute atomic E-state index is 12.4. The van der Waals surface area contributed by atoms with Gasteiger partial charge < -0.3 is 5.32 Å². The Morgan fingerprint density at radius 3 is 2.53 bits per heavy atom. The second-order valence-electron chi connectivity index (χ2n) is 4.25. The number of rotatable bonds is 5. The maximum Gasteiger partial charge on any atom is 0.419 e. The largest absolute Gasteiger partial charge is 0.419 e. The molecule has 1 rings (SSSR count). The molecule has 17 heavy (non-hydrogen) atoms. The van der Waals surface area contributed by atoms with Gasteiger partial charge in [-0.2, -0.15) is 18.3 Å². The van der Waals surface area contributed by atoms with Crippen LogP contribution in [0.2, 0.25) is 0 Å². The Kier molecular flexibility index (Phi) is 4.56. The highest BCUT2D eigenvalue weighted by Crippen LogP contribution is 2.29. The molecule has 0 saturated heterocycles. The summed E-state index contributed by atoms with van der Waals surface area (Å²) in [5.74, 6) is 0. The van der Waals surface area contributed by atoms with E-state index in [1.165, 1.54) is 4.68 Å². The Balaban J connectivity index is 2.64. The fourth-order valence-electron chi connectivity index (χ4n) is 1.78. The highest BCUT2D eigenvalue weighted by atomic mass is 19.4.